The summed E-state index contributed by atoms with van der Waals surface area (Å²) in [5.41, 5.74) is -0.129. The van der Waals surface area contributed by atoms with Crippen LogP contribution >= 0.6 is 11.6 Å². The summed E-state index contributed by atoms with van der Waals surface area (Å²) < 4.78 is 5.40. The minimum Gasteiger partial charge on any atom is -0.495 e. The van der Waals surface area contributed by atoms with E-state index in [4.69, 9.17) is 16.3 Å². The number of rotatable bonds is 6. The van der Waals surface area contributed by atoms with Gasteiger partial charge in [-0.3, -0.25) is 19.7 Å². The van der Waals surface area contributed by atoms with E-state index in [1.807, 2.05) is 30.3 Å². The van der Waals surface area contributed by atoms with Gasteiger partial charge in [-0.1, -0.05) is 72.3 Å². The molecule has 2 N–H and O–H groups in total. The normalized spacial score (nSPS) is 25.5. The van der Waals surface area contributed by atoms with Gasteiger partial charge in [0.1, 0.15) is 11.3 Å². The molecule has 2 aliphatic heterocycles. The van der Waals surface area contributed by atoms with Crippen molar-refractivity contribution in [1.82, 2.24) is 5.32 Å². The Morgan fingerprint density at radius 2 is 1.66 bits per heavy atom. The second-order valence-corrected chi connectivity index (χ2v) is 9.18. The number of imide groups is 1. The van der Waals surface area contributed by atoms with Gasteiger partial charge in [0.25, 0.3) is 0 Å². The highest BCUT2D eigenvalue weighted by molar-refractivity contribution is 6.31. The third kappa shape index (κ3) is 3.59. The smallest absolute Gasteiger partial charge is 0.325 e. The summed E-state index contributed by atoms with van der Waals surface area (Å²) >= 11 is 6.50. The molecule has 0 spiro atoms. The number of carbonyl (C=O) groups is 3. The van der Waals surface area contributed by atoms with Crippen molar-refractivity contribution in [3.63, 3.8) is 0 Å². The molecule has 0 unspecified atom stereocenters. The first-order valence-corrected chi connectivity index (χ1v) is 11.6. The van der Waals surface area contributed by atoms with Gasteiger partial charge in [-0.2, -0.15) is 0 Å². The predicted octanol–water partition coefficient (Wildman–Crippen LogP) is 3.86. The Labute approximate surface area is 207 Å². The van der Waals surface area contributed by atoms with Gasteiger partial charge in [-0.25, -0.2) is 4.90 Å². The molecule has 35 heavy (non-hydrogen) atoms. The lowest BCUT2D eigenvalue weighted by molar-refractivity contribution is -0.148. The number of aliphatic carboxylic acids is 1. The first-order valence-electron chi connectivity index (χ1n) is 11.2. The SMILES string of the molecule is COc1ccccc1N1C(=O)[C@H]2[C@@H](C1=O)[C@@](Cc1ccccc1)(C(=O)O)N[C@H]2c1ccccc1Cl. The van der Waals surface area contributed by atoms with Crippen molar-refractivity contribution in [3.05, 3.63) is 95.0 Å². The number of amides is 2. The molecule has 5 rings (SSSR count). The number of carboxylic acid groups (broad SMARTS) is 1. The molecule has 0 bridgehead atoms. The maximum absolute atomic E-state index is 14.0. The van der Waals surface area contributed by atoms with Crippen LogP contribution < -0.4 is 15.0 Å². The number of benzene rings is 3. The van der Waals surface area contributed by atoms with Gasteiger partial charge in [0.05, 0.1) is 24.6 Å². The van der Waals surface area contributed by atoms with Crippen LogP contribution in [0.5, 0.6) is 5.75 Å². The van der Waals surface area contributed by atoms with Gasteiger partial charge in [0.2, 0.25) is 11.8 Å². The molecule has 2 heterocycles. The van der Waals surface area contributed by atoms with Crippen LogP contribution in [0.25, 0.3) is 0 Å². The van der Waals surface area contributed by atoms with Crippen molar-refractivity contribution in [3.8, 4) is 5.75 Å². The highest BCUT2D eigenvalue weighted by Gasteiger charge is 2.69. The van der Waals surface area contributed by atoms with Crippen LogP contribution in [0.15, 0.2) is 78.9 Å². The number of nitrogens with zero attached hydrogens (tertiary/aromatic N) is 1. The number of methoxy groups -OCH3 is 1. The molecular formula is C27H23ClN2O5. The van der Waals surface area contributed by atoms with E-state index in [-0.39, 0.29) is 12.1 Å². The standard InChI is InChI=1S/C27H23ClN2O5/c1-35-20-14-8-7-13-19(20)30-24(31)21-22(25(30)32)27(26(33)34,15-16-9-3-2-4-10-16)29-23(21)17-11-5-6-12-18(17)28/h2-14,21-23,29H,15H2,1H3,(H,33,34)/t21-,22-,23-,27-/m0/s1. The van der Waals surface area contributed by atoms with E-state index < -0.39 is 41.2 Å². The fourth-order valence-corrected chi connectivity index (χ4v) is 5.66. The molecule has 8 heteroatoms. The summed E-state index contributed by atoms with van der Waals surface area (Å²) in [7, 11) is 1.45. The highest BCUT2D eigenvalue weighted by Crippen LogP contribution is 2.52. The lowest BCUT2D eigenvalue weighted by Gasteiger charge is -2.31. The van der Waals surface area contributed by atoms with Crippen LogP contribution in [-0.2, 0) is 20.8 Å². The fraction of sp³-hybridized carbons (Fsp3) is 0.222. The molecule has 2 aliphatic rings. The summed E-state index contributed by atoms with van der Waals surface area (Å²) in [6.45, 7) is 0. The molecule has 0 aliphatic carbocycles. The van der Waals surface area contributed by atoms with E-state index in [0.717, 1.165) is 10.5 Å². The summed E-state index contributed by atoms with van der Waals surface area (Å²) in [5, 5.41) is 14.1. The highest BCUT2D eigenvalue weighted by atomic mass is 35.5. The van der Waals surface area contributed by atoms with E-state index in [0.29, 0.717) is 16.3 Å². The maximum atomic E-state index is 14.0. The van der Waals surface area contributed by atoms with Crippen molar-refractivity contribution in [2.45, 2.75) is 18.0 Å². The van der Waals surface area contributed by atoms with E-state index in [1.54, 1.807) is 48.5 Å². The number of halogens is 1. The number of fused-ring (bicyclic) bond motifs is 1. The molecule has 178 valence electrons. The quantitative estimate of drug-likeness (QED) is 0.509. The Bertz CT molecular complexity index is 1310. The maximum Gasteiger partial charge on any atom is 0.325 e. The van der Waals surface area contributed by atoms with Gasteiger partial charge < -0.3 is 9.84 Å². The van der Waals surface area contributed by atoms with Crippen molar-refractivity contribution < 1.29 is 24.2 Å². The van der Waals surface area contributed by atoms with Crippen LogP contribution in [0, 0.1) is 11.8 Å². The molecule has 3 aromatic rings. The number of para-hydroxylation sites is 2. The van der Waals surface area contributed by atoms with Crippen LogP contribution in [0.1, 0.15) is 17.2 Å². The van der Waals surface area contributed by atoms with Crippen molar-refractivity contribution >= 4 is 35.1 Å². The van der Waals surface area contributed by atoms with Crippen molar-refractivity contribution in [1.29, 1.82) is 0 Å². The zero-order valence-corrected chi connectivity index (χ0v) is 19.6. The lowest BCUT2D eigenvalue weighted by atomic mass is 9.76. The number of anilines is 1. The third-order valence-electron chi connectivity index (χ3n) is 6.93. The topological polar surface area (TPSA) is 95.9 Å². The second-order valence-electron chi connectivity index (χ2n) is 8.77. The Hall–Kier alpha value is -3.68. The molecule has 7 nitrogen and oxygen atoms in total. The molecular weight excluding hydrogens is 468 g/mol. The first kappa shape index (κ1) is 23.1. The van der Waals surface area contributed by atoms with Crippen LogP contribution in [0.3, 0.4) is 0 Å². The van der Waals surface area contributed by atoms with Gasteiger partial charge in [0.15, 0.2) is 0 Å². The summed E-state index contributed by atoms with van der Waals surface area (Å²) in [6, 6.07) is 22.0. The van der Waals surface area contributed by atoms with E-state index in [2.05, 4.69) is 5.32 Å². The molecule has 3 aromatic carbocycles. The van der Waals surface area contributed by atoms with E-state index >= 15 is 0 Å². The number of nitrogens with one attached hydrogen (secondary N) is 1. The monoisotopic (exact) mass is 490 g/mol. The van der Waals surface area contributed by atoms with Crippen LogP contribution in [-0.4, -0.2) is 35.5 Å². The number of hydrogen-bond acceptors (Lipinski definition) is 5. The Balaban J connectivity index is 1.69. The molecule has 0 saturated carbocycles. The number of carbonyl (C=O) groups excluding carboxylic acids is 2. The van der Waals surface area contributed by atoms with Crippen LogP contribution in [0.4, 0.5) is 5.69 Å². The minimum absolute atomic E-state index is 0.0179. The van der Waals surface area contributed by atoms with E-state index in [1.165, 1.54) is 7.11 Å². The Morgan fingerprint density at radius 1 is 1.00 bits per heavy atom. The Morgan fingerprint density at radius 3 is 2.34 bits per heavy atom. The Kier molecular flexibility index (Phi) is 5.83. The fourth-order valence-electron chi connectivity index (χ4n) is 5.40. The average Bonchev–Trinajstić information content (AvgIpc) is 3.34. The van der Waals surface area contributed by atoms with Crippen molar-refractivity contribution in [2.75, 3.05) is 12.0 Å². The number of hydrogen-bond donors (Lipinski definition) is 2. The second kappa shape index (κ2) is 8.83. The summed E-state index contributed by atoms with van der Waals surface area (Å²) in [4.78, 5) is 41.9. The zero-order chi connectivity index (χ0) is 24.7. The lowest BCUT2D eigenvalue weighted by Crippen LogP contribution is -2.57. The first-order chi connectivity index (χ1) is 16.9. The molecule has 0 radical (unpaired) electrons. The largest absolute Gasteiger partial charge is 0.495 e. The number of ether oxygens (including phenoxy) is 1. The predicted molar refractivity (Wildman–Crippen MR) is 130 cm³/mol. The van der Waals surface area contributed by atoms with Gasteiger partial charge in [-0.15, -0.1) is 0 Å². The molecule has 4 atom stereocenters. The van der Waals surface area contributed by atoms with Gasteiger partial charge in [0, 0.05) is 17.5 Å². The average molecular weight is 491 g/mol. The van der Waals surface area contributed by atoms with Gasteiger partial charge in [-0.05, 0) is 29.3 Å². The van der Waals surface area contributed by atoms with E-state index in [9.17, 15) is 19.5 Å². The van der Waals surface area contributed by atoms with Gasteiger partial charge >= 0.3 is 5.97 Å². The molecule has 2 saturated heterocycles. The molecule has 2 fully saturated rings. The van der Waals surface area contributed by atoms with Crippen LogP contribution in [0.2, 0.25) is 5.02 Å². The summed E-state index contributed by atoms with van der Waals surface area (Å²) in [5.74, 6) is -4.04. The van der Waals surface area contributed by atoms with Crippen molar-refractivity contribution in [2.24, 2.45) is 11.8 Å². The third-order valence-corrected chi connectivity index (χ3v) is 7.27. The summed E-state index contributed by atoms with van der Waals surface area (Å²) in [6.07, 6.45) is 0.0179. The zero-order valence-electron chi connectivity index (χ0n) is 18.9. The molecule has 0 aromatic heterocycles. The molecule has 2 amide bonds. The minimum atomic E-state index is -1.72. The number of carboxylic acids is 1.